The van der Waals surface area contributed by atoms with Gasteiger partial charge in [0.15, 0.2) is 0 Å². The summed E-state index contributed by atoms with van der Waals surface area (Å²) in [6.45, 7) is 9.71. The molecule has 0 aromatic heterocycles. The fraction of sp³-hybridized carbons (Fsp3) is 0.667. The van der Waals surface area contributed by atoms with Crippen LogP contribution in [0.25, 0.3) is 0 Å². The van der Waals surface area contributed by atoms with Crippen molar-refractivity contribution in [1.29, 1.82) is 0 Å². The molecule has 0 aliphatic carbocycles. The van der Waals surface area contributed by atoms with Gasteiger partial charge in [-0.25, -0.2) is 0 Å². The third-order valence-electron chi connectivity index (χ3n) is 5.55. The highest BCUT2D eigenvalue weighted by molar-refractivity contribution is 5.76. The molecule has 0 unspecified atom stereocenters. The lowest BCUT2D eigenvalue weighted by Crippen LogP contribution is -2.37. The monoisotopic (exact) mass is 328 g/mol. The normalized spacial score (nSPS) is 25.4. The molecule has 0 N–H and O–H groups in total. The number of carbonyl (C=O) groups excluding carboxylic acids is 1. The van der Waals surface area contributed by atoms with Gasteiger partial charge in [0.2, 0.25) is 5.91 Å². The third-order valence-corrected chi connectivity index (χ3v) is 5.55. The number of carbonyl (C=O) groups is 1. The maximum Gasteiger partial charge on any atom is 0.222 e. The standard InChI is InChI=1S/C21H32N2O/c1-17(2)13-21(24)23-15-19(14-22-11-7-4-8-12-22)20(16-23)18-9-5-3-6-10-18/h3,5-6,9-10,17,19-20H,4,7-8,11-16H2,1-2H3/t19-,20-/m0/s1. The molecule has 3 heteroatoms. The van der Waals surface area contributed by atoms with Gasteiger partial charge in [0.25, 0.3) is 0 Å². The van der Waals surface area contributed by atoms with Crippen molar-refractivity contribution in [1.82, 2.24) is 9.80 Å². The zero-order valence-electron chi connectivity index (χ0n) is 15.3. The van der Waals surface area contributed by atoms with Gasteiger partial charge in [0, 0.05) is 32.0 Å². The van der Waals surface area contributed by atoms with Gasteiger partial charge in [0.05, 0.1) is 0 Å². The molecular formula is C21H32N2O. The van der Waals surface area contributed by atoms with Crippen LogP contribution in [-0.4, -0.2) is 48.4 Å². The molecule has 0 spiro atoms. The zero-order chi connectivity index (χ0) is 16.9. The summed E-state index contributed by atoms with van der Waals surface area (Å²) in [6.07, 6.45) is 4.72. The van der Waals surface area contributed by atoms with Crippen LogP contribution in [0.1, 0.15) is 51.0 Å². The van der Waals surface area contributed by atoms with Crippen molar-refractivity contribution in [3.05, 3.63) is 35.9 Å². The largest absolute Gasteiger partial charge is 0.342 e. The fourth-order valence-corrected chi connectivity index (χ4v) is 4.29. The van der Waals surface area contributed by atoms with Gasteiger partial charge in [-0.05, 0) is 43.3 Å². The van der Waals surface area contributed by atoms with Crippen LogP contribution in [0.2, 0.25) is 0 Å². The Hall–Kier alpha value is -1.35. The maximum atomic E-state index is 12.6. The highest BCUT2D eigenvalue weighted by Gasteiger charge is 2.37. The Morgan fingerprint density at radius 3 is 2.46 bits per heavy atom. The average Bonchev–Trinajstić information content (AvgIpc) is 3.00. The number of benzene rings is 1. The van der Waals surface area contributed by atoms with E-state index in [1.54, 1.807) is 0 Å². The fourth-order valence-electron chi connectivity index (χ4n) is 4.29. The van der Waals surface area contributed by atoms with Gasteiger partial charge < -0.3 is 9.80 Å². The second-order valence-corrected chi connectivity index (χ2v) is 8.04. The number of amides is 1. The van der Waals surface area contributed by atoms with E-state index in [4.69, 9.17) is 0 Å². The summed E-state index contributed by atoms with van der Waals surface area (Å²) in [4.78, 5) is 17.3. The molecule has 1 aromatic rings. The van der Waals surface area contributed by atoms with Crippen LogP contribution in [0.3, 0.4) is 0 Å². The lowest BCUT2D eigenvalue weighted by atomic mass is 9.88. The maximum absolute atomic E-state index is 12.6. The van der Waals surface area contributed by atoms with Crippen molar-refractivity contribution in [3.63, 3.8) is 0 Å². The number of hydrogen-bond donors (Lipinski definition) is 0. The number of piperidine rings is 1. The van der Waals surface area contributed by atoms with Gasteiger partial charge in [-0.3, -0.25) is 4.79 Å². The van der Waals surface area contributed by atoms with E-state index in [0.717, 1.165) is 19.6 Å². The van der Waals surface area contributed by atoms with E-state index in [-0.39, 0.29) is 0 Å². The minimum Gasteiger partial charge on any atom is -0.342 e. The van der Waals surface area contributed by atoms with Crippen molar-refractivity contribution in [3.8, 4) is 0 Å². The predicted octanol–water partition coefficient (Wildman–Crippen LogP) is 3.76. The lowest BCUT2D eigenvalue weighted by Gasteiger charge is -2.31. The molecule has 0 radical (unpaired) electrons. The molecule has 2 fully saturated rings. The summed E-state index contributed by atoms with van der Waals surface area (Å²) in [5.41, 5.74) is 1.40. The topological polar surface area (TPSA) is 23.6 Å². The minimum absolute atomic E-state index is 0.340. The number of likely N-dealkylation sites (tertiary alicyclic amines) is 2. The van der Waals surface area contributed by atoms with Crippen molar-refractivity contribution >= 4 is 5.91 Å². The van der Waals surface area contributed by atoms with Crippen LogP contribution in [0.4, 0.5) is 0 Å². The molecule has 24 heavy (non-hydrogen) atoms. The highest BCUT2D eigenvalue weighted by atomic mass is 16.2. The lowest BCUT2D eigenvalue weighted by molar-refractivity contribution is -0.131. The first-order valence-corrected chi connectivity index (χ1v) is 9.68. The van der Waals surface area contributed by atoms with Gasteiger partial charge in [-0.15, -0.1) is 0 Å². The third kappa shape index (κ3) is 4.38. The summed E-state index contributed by atoms with van der Waals surface area (Å²) in [5.74, 6) is 1.84. The van der Waals surface area contributed by atoms with E-state index in [2.05, 4.69) is 54.0 Å². The minimum atomic E-state index is 0.340. The van der Waals surface area contributed by atoms with Crippen LogP contribution >= 0.6 is 0 Å². The first kappa shape index (κ1) is 17.5. The van der Waals surface area contributed by atoms with Crippen LogP contribution in [0.5, 0.6) is 0 Å². The summed E-state index contributed by atoms with van der Waals surface area (Å²) in [6, 6.07) is 10.8. The molecule has 1 aromatic carbocycles. The molecule has 2 heterocycles. The van der Waals surface area contributed by atoms with E-state index < -0.39 is 0 Å². The summed E-state index contributed by atoms with van der Waals surface area (Å²) < 4.78 is 0. The first-order valence-electron chi connectivity index (χ1n) is 9.68. The molecule has 0 saturated carbocycles. The first-order chi connectivity index (χ1) is 11.6. The smallest absolute Gasteiger partial charge is 0.222 e. The van der Waals surface area contributed by atoms with Crippen molar-refractivity contribution in [2.45, 2.75) is 45.4 Å². The van der Waals surface area contributed by atoms with Gasteiger partial charge >= 0.3 is 0 Å². The van der Waals surface area contributed by atoms with Gasteiger partial charge in [0.1, 0.15) is 0 Å². The molecule has 2 atom stereocenters. The molecule has 2 saturated heterocycles. The second-order valence-electron chi connectivity index (χ2n) is 8.04. The summed E-state index contributed by atoms with van der Waals surface area (Å²) in [5, 5.41) is 0. The Morgan fingerprint density at radius 1 is 1.08 bits per heavy atom. The van der Waals surface area contributed by atoms with Crippen LogP contribution in [0, 0.1) is 11.8 Å². The Morgan fingerprint density at radius 2 is 1.79 bits per heavy atom. The van der Waals surface area contributed by atoms with E-state index >= 15 is 0 Å². The molecule has 2 aliphatic heterocycles. The van der Waals surface area contributed by atoms with E-state index in [0.29, 0.717) is 30.1 Å². The Balaban J connectivity index is 1.71. The summed E-state index contributed by atoms with van der Waals surface area (Å²) in [7, 11) is 0. The predicted molar refractivity (Wildman–Crippen MR) is 99.0 cm³/mol. The quantitative estimate of drug-likeness (QED) is 0.821. The number of nitrogens with zero attached hydrogens (tertiary/aromatic N) is 2. The molecule has 0 bridgehead atoms. The van der Waals surface area contributed by atoms with Crippen molar-refractivity contribution in [2.75, 3.05) is 32.7 Å². The average molecular weight is 328 g/mol. The number of hydrogen-bond acceptors (Lipinski definition) is 2. The van der Waals surface area contributed by atoms with E-state index in [1.807, 2.05) is 0 Å². The number of rotatable bonds is 5. The van der Waals surface area contributed by atoms with Gasteiger partial charge in [-0.1, -0.05) is 50.6 Å². The molecule has 3 rings (SSSR count). The SMILES string of the molecule is CC(C)CC(=O)N1C[C@H](CN2CCCCC2)[C@H](c2ccccc2)C1. The van der Waals surface area contributed by atoms with E-state index in [9.17, 15) is 4.79 Å². The molecule has 1 amide bonds. The molecule has 2 aliphatic rings. The van der Waals surface area contributed by atoms with Crippen molar-refractivity contribution < 1.29 is 4.79 Å². The highest BCUT2D eigenvalue weighted by Crippen LogP contribution is 2.34. The zero-order valence-corrected chi connectivity index (χ0v) is 15.3. The Kier molecular flexibility index (Phi) is 5.94. The molecule has 3 nitrogen and oxygen atoms in total. The Bertz CT molecular complexity index is 522. The molecular weight excluding hydrogens is 296 g/mol. The van der Waals surface area contributed by atoms with Crippen LogP contribution in [-0.2, 0) is 4.79 Å². The summed E-state index contributed by atoms with van der Waals surface area (Å²) >= 11 is 0. The van der Waals surface area contributed by atoms with E-state index in [1.165, 1.54) is 37.9 Å². The van der Waals surface area contributed by atoms with Gasteiger partial charge in [-0.2, -0.15) is 0 Å². The van der Waals surface area contributed by atoms with Crippen LogP contribution in [0.15, 0.2) is 30.3 Å². The van der Waals surface area contributed by atoms with Crippen molar-refractivity contribution in [2.24, 2.45) is 11.8 Å². The second kappa shape index (κ2) is 8.15. The molecule has 132 valence electrons. The van der Waals surface area contributed by atoms with Crippen LogP contribution < -0.4 is 0 Å². The Labute approximate surface area is 147 Å².